The number of hydrogen-bond donors (Lipinski definition) is 3. The van der Waals surface area contributed by atoms with E-state index in [0.29, 0.717) is 17.9 Å². The Bertz CT molecular complexity index is 633. The highest BCUT2D eigenvalue weighted by atomic mass is 16.4. The lowest BCUT2D eigenvalue weighted by atomic mass is 9.95. The fourth-order valence-electron chi connectivity index (χ4n) is 2.95. The highest BCUT2D eigenvalue weighted by Crippen LogP contribution is 2.23. The van der Waals surface area contributed by atoms with Crippen molar-refractivity contribution in [2.45, 2.75) is 51.2 Å². The fraction of sp³-hybridized carbons (Fsp3) is 0.500. The number of carbonyl (C=O) groups is 1. The van der Waals surface area contributed by atoms with Crippen molar-refractivity contribution < 1.29 is 14.3 Å². The number of nitrogens with zero attached hydrogens (tertiary/aromatic N) is 1. The van der Waals surface area contributed by atoms with E-state index < -0.39 is 6.10 Å². The number of rotatable bonds is 5. The van der Waals surface area contributed by atoms with Gasteiger partial charge in [0.2, 0.25) is 0 Å². The number of furan rings is 1. The van der Waals surface area contributed by atoms with Crippen LogP contribution in [0.1, 0.15) is 59.8 Å². The SMILES string of the molecule is CC(CC(O)c1ccco1)NC(=O)c1n[nH]c2c1CCCC2. The lowest BCUT2D eigenvalue weighted by Gasteiger charge is -2.17. The number of carbonyl (C=O) groups excluding carboxylic acids is 1. The van der Waals surface area contributed by atoms with Crippen LogP contribution in [0.3, 0.4) is 0 Å². The summed E-state index contributed by atoms with van der Waals surface area (Å²) in [5.74, 6) is 0.330. The second-order valence-electron chi connectivity index (χ2n) is 5.88. The average molecular weight is 303 g/mol. The van der Waals surface area contributed by atoms with E-state index in [4.69, 9.17) is 4.42 Å². The topological polar surface area (TPSA) is 91.2 Å². The number of aryl methyl sites for hydroxylation is 1. The van der Waals surface area contributed by atoms with E-state index in [1.165, 1.54) is 6.26 Å². The van der Waals surface area contributed by atoms with E-state index in [2.05, 4.69) is 15.5 Å². The number of nitrogens with one attached hydrogen (secondary N) is 2. The van der Waals surface area contributed by atoms with E-state index in [9.17, 15) is 9.90 Å². The Morgan fingerprint density at radius 3 is 3.09 bits per heavy atom. The Morgan fingerprint density at radius 1 is 1.50 bits per heavy atom. The normalized spacial score (nSPS) is 16.8. The van der Waals surface area contributed by atoms with Crippen LogP contribution >= 0.6 is 0 Å². The maximum atomic E-state index is 12.4. The van der Waals surface area contributed by atoms with Crippen LogP contribution in [0.15, 0.2) is 22.8 Å². The largest absolute Gasteiger partial charge is 0.467 e. The Morgan fingerprint density at radius 2 is 2.32 bits per heavy atom. The van der Waals surface area contributed by atoms with Gasteiger partial charge in [-0.05, 0) is 44.7 Å². The first-order valence-corrected chi connectivity index (χ1v) is 7.73. The van der Waals surface area contributed by atoms with Crippen LogP contribution in [0, 0.1) is 0 Å². The molecule has 22 heavy (non-hydrogen) atoms. The summed E-state index contributed by atoms with van der Waals surface area (Å²) in [6.45, 7) is 1.86. The van der Waals surface area contributed by atoms with Crippen LogP contribution in [0.25, 0.3) is 0 Å². The van der Waals surface area contributed by atoms with Crippen LogP contribution in [0.2, 0.25) is 0 Å². The minimum absolute atomic E-state index is 0.177. The fourth-order valence-corrected chi connectivity index (χ4v) is 2.95. The summed E-state index contributed by atoms with van der Waals surface area (Å²) in [5.41, 5.74) is 2.62. The van der Waals surface area contributed by atoms with Gasteiger partial charge < -0.3 is 14.8 Å². The summed E-state index contributed by atoms with van der Waals surface area (Å²) >= 11 is 0. The third-order valence-electron chi connectivity index (χ3n) is 4.10. The maximum Gasteiger partial charge on any atom is 0.272 e. The number of aliphatic hydroxyl groups is 1. The molecule has 2 unspecified atom stereocenters. The van der Waals surface area contributed by atoms with Crippen LogP contribution < -0.4 is 5.32 Å². The molecule has 2 atom stereocenters. The molecule has 3 rings (SSSR count). The van der Waals surface area contributed by atoms with Crippen molar-refractivity contribution in [3.63, 3.8) is 0 Å². The highest BCUT2D eigenvalue weighted by molar-refractivity contribution is 5.94. The quantitative estimate of drug-likeness (QED) is 0.789. The van der Waals surface area contributed by atoms with E-state index >= 15 is 0 Å². The molecule has 1 amide bonds. The van der Waals surface area contributed by atoms with Crippen molar-refractivity contribution in [1.29, 1.82) is 0 Å². The zero-order valence-electron chi connectivity index (χ0n) is 12.6. The summed E-state index contributed by atoms with van der Waals surface area (Å²) in [7, 11) is 0. The number of aromatic amines is 1. The number of amides is 1. The first-order valence-electron chi connectivity index (χ1n) is 7.73. The maximum absolute atomic E-state index is 12.4. The zero-order chi connectivity index (χ0) is 15.5. The molecule has 0 saturated heterocycles. The Hall–Kier alpha value is -2.08. The first kappa shape index (κ1) is 14.8. The number of hydrogen-bond acceptors (Lipinski definition) is 4. The molecule has 2 aromatic heterocycles. The molecular formula is C16H21N3O3. The Labute approximate surface area is 128 Å². The molecule has 3 N–H and O–H groups in total. The molecule has 1 aliphatic carbocycles. The minimum Gasteiger partial charge on any atom is -0.467 e. The summed E-state index contributed by atoms with van der Waals surface area (Å²) in [6.07, 6.45) is 5.30. The van der Waals surface area contributed by atoms with Crippen LogP contribution in [-0.4, -0.2) is 27.3 Å². The smallest absolute Gasteiger partial charge is 0.272 e. The van der Waals surface area contributed by atoms with Gasteiger partial charge in [0, 0.05) is 23.7 Å². The molecular weight excluding hydrogens is 282 g/mol. The van der Waals surface area contributed by atoms with Gasteiger partial charge in [0.25, 0.3) is 5.91 Å². The molecule has 6 heteroatoms. The van der Waals surface area contributed by atoms with Gasteiger partial charge in [-0.2, -0.15) is 5.10 Å². The molecule has 0 radical (unpaired) electrons. The molecule has 2 heterocycles. The molecule has 2 aromatic rings. The monoisotopic (exact) mass is 303 g/mol. The van der Waals surface area contributed by atoms with Gasteiger partial charge in [-0.3, -0.25) is 9.89 Å². The first-order chi connectivity index (χ1) is 10.6. The molecule has 0 bridgehead atoms. The van der Waals surface area contributed by atoms with Gasteiger partial charge in [-0.15, -0.1) is 0 Å². The lowest BCUT2D eigenvalue weighted by Crippen LogP contribution is -2.34. The molecule has 0 aromatic carbocycles. The van der Waals surface area contributed by atoms with Crippen molar-refractivity contribution in [2.24, 2.45) is 0 Å². The third-order valence-corrected chi connectivity index (χ3v) is 4.10. The molecule has 6 nitrogen and oxygen atoms in total. The Kier molecular flexibility index (Phi) is 4.29. The predicted octanol–water partition coefficient (Wildman–Crippen LogP) is 2.12. The van der Waals surface area contributed by atoms with Crippen molar-refractivity contribution >= 4 is 5.91 Å². The third kappa shape index (κ3) is 3.06. The summed E-state index contributed by atoms with van der Waals surface area (Å²) in [5, 5.41) is 20.1. The number of aromatic nitrogens is 2. The molecule has 0 fully saturated rings. The number of aliphatic hydroxyl groups excluding tert-OH is 1. The molecule has 1 aliphatic rings. The molecule has 118 valence electrons. The molecule has 0 spiro atoms. The highest BCUT2D eigenvalue weighted by Gasteiger charge is 2.23. The van der Waals surface area contributed by atoms with E-state index in [1.54, 1.807) is 12.1 Å². The summed E-state index contributed by atoms with van der Waals surface area (Å²) < 4.78 is 5.17. The standard InChI is InChI=1S/C16H21N3O3/c1-10(9-13(20)14-7-4-8-22-14)17-16(21)15-11-5-2-3-6-12(11)18-19-15/h4,7-8,10,13,20H,2-3,5-6,9H2,1H3,(H,17,21)(H,18,19). The summed E-state index contributed by atoms with van der Waals surface area (Å²) in [4.78, 5) is 12.4. The van der Waals surface area contributed by atoms with Crippen LogP contribution in [-0.2, 0) is 12.8 Å². The van der Waals surface area contributed by atoms with Gasteiger partial charge in [0.1, 0.15) is 11.9 Å². The van der Waals surface area contributed by atoms with Crippen molar-refractivity contribution in [3.8, 4) is 0 Å². The molecule has 0 saturated carbocycles. The number of H-pyrrole nitrogens is 1. The zero-order valence-corrected chi connectivity index (χ0v) is 12.6. The minimum atomic E-state index is -0.724. The predicted molar refractivity (Wildman–Crippen MR) is 80.4 cm³/mol. The van der Waals surface area contributed by atoms with Gasteiger partial charge in [0.05, 0.1) is 6.26 Å². The van der Waals surface area contributed by atoms with Gasteiger partial charge in [0.15, 0.2) is 5.69 Å². The van der Waals surface area contributed by atoms with Gasteiger partial charge in [-0.1, -0.05) is 0 Å². The number of fused-ring (bicyclic) bond motifs is 1. The summed E-state index contributed by atoms with van der Waals surface area (Å²) in [6, 6.07) is 3.28. The van der Waals surface area contributed by atoms with Gasteiger partial charge in [-0.25, -0.2) is 0 Å². The van der Waals surface area contributed by atoms with E-state index in [-0.39, 0.29) is 11.9 Å². The Balaban J connectivity index is 1.60. The van der Waals surface area contributed by atoms with Crippen LogP contribution in [0.5, 0.6) is 0 Å². The second-order valence-corrected chi connectivity index (χ2v) is 5.88. The average Bonchev–Trinajstić information content (AvgIpc) is 3.16. The second kappa shape index (κ2) is 6.36. The van der Waals surface area contributed by atoms with E-state index in [0.717, 1.165) is 36.9 Å². The lowest BCUT2D eigenvalue weighted by molar-refractivity contribution is 0.0897. The van der Waals surface area contributed by atoms with E-state index in [1.807, 2.05) is 6.92 Å². The molecule has 0 aliphatic heterocycles. The van der Waals surface area contributed by atoms with Crippen LogP contribution in [0.4, 0.5) is 0 Å². The van der Waals surface area contributed by atoms with Crippen molar-refractivity contribution in [2.75, 3.05) is 0 Å². The van der Waals surface area contributed by atoms with Gasteiger partial charge >= 0.3 is 0 Å². The van der Waals surface area contributed by atoms with Crippen molar-refractivity contribution in [1.82, 2.24) is 15.5 Å². The van der Waals surface area contributed by atoms with Crippen molar-refractivity contribution in [3.05, 3.63) is 41.1 Å².